The minimum Gasteiger partial charge on any atom is -0.480 e. The third-order valence-corrected chi connectivity index (χ3v) is 6.04. The van der Waals surface area contributed by atoms with Crippen molar-refractivity contribution in [2.45, 2.75) is 31.3 Å². The van der Waals surface area contributed by atoms with Gasteiger partial charge in [-0.15, -0.1) is 6.58 Å². The largest absolute Gasteiger partial charge is 0.480 e. The van der Waals surface area contributed by atoms with Crippen LogP contribution in [-0.2, 0) is 21.2 Å². The van der Waals surface area contributed by atoms with E-state index in [1.165, 1.54) is 6.08 Å². The van der Waals surface area contributed by atoms with Crippen molar-refractivity contribution in [1.82, 2.24) is 10.0 Å². The molecule has 8 nitrogen and oxygen atoms in total. The van der Waals surface area contributed by atoms with E-state index in [1.807, 2.05) is 30.3 Å². The fourth-order valence-electron chi connectivity index (χ4n) is 3.03. The first kappa shape index (κ1) is 22.5. The Labute approximate surface area is 181 Å². The molecule has 164 valence electrons. The molecule has 2 amide bonds. The van der Waals surface area contributed by atoms with Crippen molar-refractivity contribution >= 4 is 27.7 Å². The fraction of sp³-hybridized carbons (Fsp3) is 0.273. The number of carbonyl (C=O) groups excluding carboxylic acids is 1. The van der Waals surface area contributed by atoms with Gasteiger partial charge in [-0.05, 0) is 48.1 Å². The number of amides is 2. The van der Waals surface area contributed by atoms with Crippen molar-refractivity contribution < 1.29 is 23.1 Å². The molecule has 0 bridgehead atoms. The average Bonchev–Trinajstić information content (AvgIpc) is 3.51. The maximum atomic E-state index is 11.9. The average molecular weight is 444 g/mol. The van der Waals surface area contributed by atoms with E-state index >= 15 is 0 Å². The van der Waals surface area contributed by atoms with Crippen LogP contribution < -0.4 is 15.4 Å². The maximum Gasteiger partial charge on any atom is 0.322 e. The standard InChI is InChI=1S/C22H25N3O5S/c1-2-12-31(29,30)25-20(21(26)27)13-15-6-8-16(9-7-15)17-4-3-5-19(14-17)24-22(28)23-18-10-11-18/h2-9,14,18,20,25H,1,10-13H2,(H,26,27)(H2,23,24,28)/t20-/m0/s1. The first-order valence-corrected chi connectivity index (χ1v) is 11.5. The summed E-state index contributed by atoms with van der Waals surface area (Å²) in [6.45, 7) is 3.36. The summed E-state index contributed by atoms with van der Waals surface area (Å²) in [5.41, 5.74) is 3.11. The predicted molar refractivity (Wildman–Crippen MR) is 119 cm³/mol. The Balaban J connectivity index is 1.67. The summed E-state index contributed by atoms with van der Waals surface area (Å²) in [6.07, 6.45) is 3.24. The van der Waals surface area contributed by atoms with Gasteiger partial charge in [-0.3, -0.25) is 4.79 Å². The summed E-state index contributed by atoms with van der Waals surface area (Å²) in [5, 5.41) is 15.1. The molecule has 0 aliphatic heterocycles. The highest BCUT2D eigenvalue weighted by molar-refractivity contribution is 7.89. The first-order valence-electron chi connectivity index (χ1n) is 9.86. The van der Waals surface area contributed by atoms with Crippen molar-refractivity contribution in [3.63, 3.8) is 0 Å². The van der Waals surface area contributed by atoms with Gasteiger partial charge in [0.05, 0.1) is 5.75 Å². The van der Waals surface area contributed by atoms with Crippen molar-refractivity contribution in [2.24, 2.45) is 0 Å². The maximum absolute atomic E-state index is 11.9. The van der Waals surface area contributed by atoms with Crippen LogP contribution in [0.1, 0.15) is 18.4 Å². The van der Waals surface area contributed by atoms with Crippen LogP contribution in [0.4, 0.5) is 10.5 Å². The summed E-state index contributed by atoms with van der Waals surface area (Å²) in [7, 11) is -3.75. The highest BCUT2D eigenvalue weighted by Crippen LogP contribution is 2.24. The lowest BCUT2D eigenvalue weighted by Crippen LogP contribution is -2.43. The van der Waals surface area contributed by atoms with E-state index in [4.69, 9.17) is 0 Å². The number of hydrogen-bond donors (Lipinski definition) is 4. The number of sulfonamides is 1. The quantitative estimate of drug-likeness (QED) is 0.420. The van der Waals surface area contributed by atoms with Crippen molar-refractivity contribution in [1.29, 1.82) is 0 Å². The van der Waals surface area contributed by atoms with Crippen molar-refractivity contribution in [3.8, 4) is 11.1 Å². The zero-order valence-electron chi connectivity index (χ0n) is 16.9. The van der Waals surface area contributed by atoms with Gasteiger partial charge in [-0.1, -0.05) is 42.5 Å². The van der Waals surface area contributed by atoms with Crippen molar-refractivity contribution in [3.05, 3.63) is 66.7 Å². The smallest absolute Gasteiger partial charge is 0.322 e. The Morgan fingerprint density at radius 1 is 1.13 bits per heavy atom. The molecule has 9 heteroatoms. The minimum absolute atomic E-state index is 0.00885. The molecule has 4 N–H and O–H groups in total. The van der Waals surface area contributed by atoms with Crippen LogP contribution in [0.3, 0.4) is 0 Å². The first-order chi connectivity index (χ1) is 14.8. The van der Waals surface area contributed by atoms with Gasteiger partial charge in [0.15, 0.2) is 0 Å². The molecule has 1 fully saturated rings. The highest BCUT2D eigenvalue weighted by Gasteiger charge is 2.24. The third kappa shape index (κ3) is 6.94. The molecule has 2 aromatic carbocycles. The van der Waals surface area contributed by atoms with Crippen LogP contribution in [-0.4, -0.2) is 43.4 Å². The number of carbonyl (C=O) groups is 2. The third-order valence-electron chi connectivity index (χ3n) is 4.72. The second-order valence-corrected chi connectivity index (χ2v) is 9.23. The van der Waals surface area contributed by atoms with E-state index in [0.717, 1.165) is 24.0 Å². The van der Waals surface area contributed by atoms with Gasteiger partial charge >= 0.3 is 12.0 Å². The number of urea groups is 1. The molecule has 31 heavy (non-hydrogen) atoms. The molecule has 0 unspecified atom stereocenters. The summed E-state index contributed by atoms with van der Waals surface area (Å²) in [5.74, 6) is -1.60. The molecule has 3 rings (SSSR count). The summed E-state index contributed by atoms with van der Waals surface area (Å²) >= 11 is 0. The molecule has 0 saturated heterocycles. The number of nitrogens with one attached hydrogen (secondary N) is 3. The molecule has 0 aromatic heterocycles. The van der Waals surface area contributed by atoms with Crippen LogP contribution in [0, 0.1) is 0 Å². The lowest BCUT2D eigenvalue weighted by atomic mass is 10.0. The number of carboxylic acid groups (broad SMARTS) is 1. The van der Waals surface area contributed by atoms with E-state index < -0.39 is 22.0 Å². The van der Waals surface area contributed by atoms with Gasteiger partial charge in [-0.2, -0.15) is 0 Å². The van der Waals surface area contributed by atoms with E-state index in [-0.39, 0.29) is 24.2 Å². The number of anilines is 1. The Morgan fingerprint density at radius 2 is 1.84 bits per heavy atom. The molecule has 1 aliphatic carbocycles. The highest BCUT2D eigenvalue weighted by atomic mass is 32.2. The molecular formula is C22H25N3O5S. The van der Waals surface area contributed by atoms with Gasteiger partial charge in [0.25, 0.3) is 0 Å². The van der Waals surface area contributed by atoms with E-state index in [0.29, 0.717) is 11.3 Å². The summed E-state index contributed by atoms with van der Waals surface area (Å²) in [4.78, 5) is 23.4. The molecule has 0 heterocycles. The predicted octanol–water partition coefficient (Wildman–Crippen LogP) is 2.74. The number of benzene rings is 2. The van der Waals surface area contributed by atoms with Gasteiger partial charge in [0, 0.05) is 11.7 Å². The van der Waals surface area contributed by atoms with Crippen LogP contribution >= 0.6 is 0 Å². The zero-order valence-corrected chi connectivity index (χ0v) is 17.7. The Bertz CT molecular complexity index is 1060. The number of aliphatic carboxylic acids is 1. The number of hydrogen-bond acceptors (Lipinski definition) is 4. The van der Waals surface area contributed by atoms with Crippen LogP contribution in [0.25, 0.3) is 11.1 Å². The van der Waals surface area contributed by atoms with Crippen LogP contribution in [0.15, 0.2) is 61.2 Å². The summed E-state index contributed by atoms with van der Waals surface area (Å²) in [6, 6.07) is 13.3. The van der Waals surface area contributed by atoms with Crippen molar-refractivity contribution in [2.75, 3.05) is 11.1 Å². The summed E-state index contributed by atoms with van der Waals surface area (Å²) < 4.78 is 25.9. The second-order valence-electron chi connectivity index (χ2n) is 7.43. The lowest BCUT2D eigenvalue weighted by Gasteiger charge is -2.14. The van der Waals surface area contributed by atoms with E-state index in [9.17, 15) is 23.1 Å². The molecule has 2 aromatic rings. The number of carboxylic acids is 1. The second kappa shape index (κ2) is 9.76. The normalized spacial score (nSPS) is 14.5. The van der Waals surface area contributed by atoms with E-state index in [1.54, 1.807) is 18.2 Å². The zero-order chi connectivity index (χ0) is 22.4. The topological polar surface area (TPSA) is 125 Å². The monoisotopic (exact) mass is 443 g/mol. The van der Waals surface area contributed by atoms with E-state index in [2.05, 4.69) is 21.9 Å². The van der Waals surface area contributed by atoms with Crippen LogP contribution in [0.5, 0.6) is 0 Å². The molecule has 1 aliphatic rings. The molecule has 0 radical (unpaired) electrons. The SMILES string of the molecule is C=CCS(=O)(=O)N[C@@H](Cc1ccc(-c2cccc(NC(=O)NC3CC3)c2)cc1)C(=O)O. The minimum atomic E-state index is -3.75. The Hall–Kier alpha value is -3.17. The molecule has 1 atom stereocenters. The Morgan fingerprint density at radius 3 is 2.45 bits per heavy atom. The lowest BCUT2D eigenvalue weighted by molar-refractivity contribution is -0.138. The van der Waals surface area contributed by atoms with Gasteiger partial charge < -0.3 is 15.7 Å². The number of rotatable bonds is 10. The van der Waals surface area contributed by atoms with Gasteiger partial charge in [0.1, 0.15) is 6.04 Å². The van der Waals surface area contributed by atoms with Crippen LogP contribution in [0.2, 0.25) is 0 Å². The van der Waals surface area contributed by atoms with Gasteiger partial charge in [0.2, 0.25) is 10.0 Å². The molecule has 0 spiro atoms. The molecular weight excluding hydrogens is 418 g/mol. The molecule has 1 saturated carbocycles. The fourth-order valence-corrected chi connectivity index (χ4v) is 4.05. The Kier molecular flexibility index (Phi) is 7.09. The van der Waals surface area contributed by atoms with Gasteiger partial charge in [-0.25, -0.2) is 17.9 Å².